The summed E-state index contributed by atoms with van der Waals surface area (Å²) in [7, 11) is -3.70. The van der Waals surface area contributed by atoms with Crippen molar-refractivity contribution in [2.75, 3.05) is 19.7 Å². The number of carbonyl (C=O) groups excluding carboxylic acids is 2. The number of ether oxygens (including phenoxy) is 1. The fraction of sp³-hybridized carbons (Fsp3) is 0.364. The molecule has 2 rings (SSSR count). The third kappa shape index (κ3) is 5.31. The van der Waals surface area contributed by atoms with Crippen LogP contribution in [0.5, 0.6) is 0 Å². The van der Waals surface area contributed by atoms with Gasteiger partial charge in [0.2, 0.25) is 10.0 Å². The van der Waals surface area contributed by atoms with E-state index in [2.05, 4.69) is 0 Å². The van der Waals surface area contributed by atoms with Crippen molar-refractivity contribution in [2.24, 2.45) is 0 Å². The Balaban J connectivity index is 2.17. The van der Waals surface area contributed by atoms with E-state index in [0.717, 1.165) is 12.0 Å². The lowest BCUT2D eigenvalue weighted by Gasteiger charge is -2.19. The zero-order valence-corrected chi connectivity index (χ0v) is 18.1. The summed E-state index contributed by atoms with van der Waals surface area (Å²) in [6, 6.07) is 11.5. The predicted octanol–water partition coefficient (Wildman–Crippen LogP) is 3.63. The average Bonchev–Trinajstić information content (AvgIpc) is 2.72. The van der Waals surface area contributed by atoms with Crippen LogP contribution in [0.15, 0.2) is 47.4 Å². The second-order valence-corrected chi connectivity index (χ2v) is 8.55. The number of aryl methyl sites for hydroxylation is 2. The highest BCUT2D eigenvalue weighted by atomic mass is 32.2. The van der Waals surface area contributed by atoms with Crippen molar-refractivity contribution in [3.8, 4) is 0 Å². The van der Waals surface area contributed by atoms with Gasteiger partial charge in [0.15, 0.2) is 12.4 Å². The van der Waals surface area contributed by atoms with Gasteiger partial charge in [0.1, 0.15) is 0 Å². The minimum atomic E-state index is -3.70. The molecular formula is C22H27NO5S. The molecule has 0 aliphatic heterocycles. The van der Waals surface area contributed by atoms with E-state index in [0.29, 0.717) is 24.2 Å². The first-order valence-corrected chi connectivity index (χ1v) is 11.1. The van der Waals surface area contributed by atoms with Gasteiger partial charge in [-0.1, -0.05) is 51.1 Å². The fourth-order valence-corrected chi connectivity index (χ4v) is 4.40. The predicted molar refractivity (Wildman–Crippen MR) is 112 cm³/mol. The molecule has 2 aromatic rings. The molecule has 2 aromatic carbocycles. The molecule has 0 amide bonds. The molecule has 0 saturated heterocycles. The van der Waals surface area contributed by atoms with E-state index < -0.39 is 22.6 Å². The number of esters is 1. The largest absolute Gasteiger partial charge is 0.454 e. The zero-order chi connectivity index (χ0) is 21.6. The summed E-state index contributed by atoms with van der Waals surface area (Å²) in [5.41, 5.74) is 2.28. The van der Waals surface area contributed by atoms with E-state index in [-0.39, 0.29) is 16.2 Å². The molecule has 0 saturated carbocycles. The van der Waals surface area contributed by atoms with Crippen molar-refractivity contribution >= 4 is 21.8 Å². The number of ketones is 1. The maximum Gasteiger partial charge on any atom is 0.338 e. The van der Waals surface area contributed by atoms with E-state index in [1.807, 2.05) is 19.1 Å². The minimum absolute atomic E-state index is 0.0280. The summed E-state index contributed by atoms with van der Waals surface area (Å²) in [6.45, 7) is 7.48. The average molecular weight is 418 g/mol. The smallest absolute Gasteiger partial charge is 0.338 e. The Bertz CT molecular complexity index is 977. The maximum atomic E-state index is 12.7. The molecule has 0 radical (unpaired) electrons. The van der Waals surface area contributed by atoms with Crippen LogP contribution in [0.1, 0.15) is 52.6 Å². The van der Waals surface area contributed by atoms with Crippen LogP contribution in [0.2, 0.25) is 0 Å². The fourth-order valence-electron chi connectivity index (χ4n) is 2.91. The minimum Gasteiger partial charge on any atom is -0.454 e. The molecule has 0 N–H and O–H groups in total. The number of nitrogens with zero attached hydrogens (tertiary/aromatic N) is 1. The van der Waals surface area contributed by atoms with Gasteiger partial charge in [0.25, 0.3) is 0 Å². The molecule has 0 fully saturated rings. The topological polar surface area (TPSA) is 80.8 Å². The van der Waals surface area contributed by atoms with Gasteiger partial charge in [0.05, 0.1) is 10.5 Å². The van der Waals surface area contributed by atoms with Crippen LogP contribution < -0.4 is 0 Å². The Morgan fingerprint density at radius 3 is 2.14 bits per heavy atom. The lowest BCUT2D eigenvalue weighted by Crippen LogP contribution is -2.30. The van der Waals surface area contributed by atoms with Crippen molar-refractivity contribution in [3.05, 3.63) is 64.7 Å². The Morgan fingerprint density at radius 1 is 0.966 bits per heavy atom. The van der Waals surface area contributed by atoms with Gasteiger partial charge in [-0.15, -0.1) is 0 Å². The van der Waals surface area contributed by atoms with Crippen molar-refractivity contribution in [1.29, 1.82) is 0 Å². The van der Waals surface area contributed by atoms with E-state index in [9.17, 15) is 18.0 Å². The SMILES string of the molecule is CCc1ccc(C(=O)COC(=O)c2cc(S(=O)(=O)N(CC)CC)ccc2C)cc1. The summed E-state index contributed by atoms with van der Waals surface area (Å²) >= 11 is 0. The summed E-state index contributed by atoms with van der Waals surface area (Å²) in [5, 5.41) is 0. The summed E-state index contributed by atoms with van der Waals surface area (Å²) in [6.07, 6.45) is 0.871. The number of hydrogen-bond donors (Lipinski definition) is 0. The second-order valence-electron chi connectivity index (χ2n) is 6.62. The van der Waals surface area contributed by atoms with E-state index in [1.165, 1.54) is 16.4 Å². The van der Waals surface area contributed by atoms with Gasteiger partial charge in [-0.2, -0.15) is 4.31 Å². The highest BCUT2D eigenvalue weighted by Crippen LogP contribution is 2.20. The lowest BCUT2D eigenvalue weighted by molar-refractivity contribution is 0.0473. The molecule has 0 heterocycles. The van der Waals surface area contributed by atoms with Gasteiger partial charge in [-0.05, 0) is 36.6 Å². The quantitative estimate of drug-likeness (QED) is 0.460. The number of hydrogen-bond acceptors (Lipinski definition) is 5. The lowest BCUT2D eigenvalue weighted by atomic mass is 10.1. The number of sulfonamides is 1. The van der Waals surface area contributed by atoms with Crippen molar-refractivity contribution < 1.29 is 22.7 Å². The molecule has 156 valence electrons. The van der Waals surface area contributed by atoms with Gasteiger partial charge in [-0.25, -0.2) is 13.2 Å². The van der Waals surface area contributed by atoms with Crippen LogP contribution in [0, 0.1) is 6.92 Å². The van der Waals surface area contributed by atoms with Crippen LogP contribution >= 0.6 is 0 Å². The van der Waals surface area contributed by atoms with Crippen molar-refractivity contribution in [1.82, 2.24) is 4.31 Å². The van der Waals surface area contributed by atoms with Gasteiger partial charge in [-0.3, -0.25) is 4.79 Å². The number of rotatable bonds is 9. The van der Waals surface area contributed by atoms with Gasteiger partial charge < -0.3 is 4.74 Å². The second kappa shape index (κ2) is 9.80. The van der Waals surface area contributed by atoms with Crippen molar-refractivity contribution in [2.45, 2.75) is 39.0 Å². The molecule has 0 aliphatic carbocycles. The van der Waals surface area contributed by atoms with Gasteiger partial charge >= 0.3 is 5.97 Å². The highest BCUT2D eigenvalue weighted by Gasteiger charge is 2.24. The summed E-state index contributed by atoms with van der Waals surface area (Å²) in [4.78, 5) is 24.8. The number of Topliss-reactive ketones (excluding diaryl/α,β-unsaturated/α-hetero) is 1. The van der Waals surface area contributed by atoms with Crippen LogP contribution in [0.4, 0.5) is 0 Å². The van der Waals surface area contributed by atoms with E-state index in [1.54, 1.807) is 39.0 Å². The number of benzene rings is 2. The first-order chi connectivity index (χ1) is 13.7. The Hall–Kier alpha value is -2.51. The molecule has 6 nitrogen and oxygen atoms in total. The standard InChI is InChI=1S/C22H27NO5S/c1-5-17-9-11-18(12-10-17)21(24)15-28-22(25)20-14-19(13-8-16(20)4)29(26,27)23(6-2)7-3/h8-14H,5-7,15H2,1-4H3. The molecule has 0 bridgehead atoms. The van der Waals surface area contributed by atoms with E-state index >= 15 is 0 Å². The van der Waals surface area contributed by atoms with Crippen molar-refractivity contribution in [3.63, 3.8) is 0 Å². The van der Waals surface area contributed by atoms with E-state index in [4.69, 9.17) is 4.74 Å². The monoisotopic (exact) mass is 417 g/mol. The van der Waals surface area contributed by atoms with Crippen LogP contribution in [-0.2, 0) is 21.2 Å². The molecular weight excluding hydrogens is 390 g/mol. The number of carbonyl (C=O) groups is 2. The van der Waals surface area contributed by atoms with Crippen LogP contribution in [0.25, 0.3) is 0 Å². The van der Waals surface area contributed by atoms with Gasteiger partial charge in [0, 0.05) is 18.7 Å². The Labute approximate surface area is 172 Å². The van der Waals surface area contributed by atoms with Crippen LogP contribution in [0.3, 0.4) is 0 Å². The molecule has 0 spiro atoms. The Morgan fingerprint density at radius 2 is 1.59 bits per heavy atom. The molecule has 0 aromatic heterocycles. The molecule has 0 unspecified atom stereocenters. The summed E-state index contributed by atoms with van der Waals surface area (Å²) in [5.74, 6) is -1.04. The first kappa shape index (κ1) is 22.8. The summed E-state index contributed by atoms with van der Waals surface area (Å²) < 4.78 is 31.9. The maximum absolute atomic E-state index is 12.7. The molecule has 29 heavy (non-hydrogen) atoms. The molecule has 7 heteroatoms. The Kier molecular flexibility index (Phi) is 7.70. The first-order valence-electron chi connectivity index (χ1n) is 9.64. The third-order valence-corrected chi connectivity index (χ3v) is 6.84. The normalized spacial score (nSPS) is 11.5. The van der Waals surface area contributed by atoms with Crippen LogP contribution in [-0.4, -0.2) is 44.2 Å². The molecule has 0 aliphatic rings. The highest BCUT2D eigenvalue weighted by molar-refractivity contribution is 7.89. The molecule has 0 atom stereocenters. The third-order valence-electron chi connectivity index (χ3n) is 4.79. The zero-order valence-electron chi connectivity index (χ0n) is 17.3.